The molecule has 0 fully saturated rings. The van der Waals surface area contributed by atoms with Gasteiger partial charge in [0.1, 0.15) is 11.5 Å². The number of aromatic hydroxyl groups is 2. The average Bonchev–Trinajstić information content (AvgIpc) is 3.28. The molecule has 0 aliphatic carbocycles. The molecule has 1 aromatic rings. The summed E-state index contributed by atoms with van der Waals surface area (Å²) in [6, 6.07) is 3.44. The molecule has 0 atom stereocenters. The Bertz CT molecular complexity index is 1190. The first kappa shape index (κ1) is 61.8. The molecule has 2 amide bonds. The molecule has 0 unspecified atom stereocenters. The average molecular weight is 926 g/mol. The van der Waals surface area contributed by atoms with E-state index in [1.807, 2.05) is 0 Å². The molecule has 0 spiro atoms. The van der Waals surface area contributed by atoms with Gasteiger partial charge in [0, 0.05) is 37.1 Å². The molecule has 0 aliphatic rings. The summed E-state index contributed by atoms with van der Waals surface area (Å²) in [5.74, 6) is 0.561. The largest absolute Gasteiger partial charge is 0.508 e. The predicted molar refractivity (Wildman–Crippen MR) is 287 cm³/mol. The van der Waals surface area contributed by atoms with Gasteiger partial charge in [0.15, 0.2) is 0 Å². The number of rotatable bonds is 48. The zero-order valence-corrected chi connectivity index (χ0v) is 45.0. The van der Waals surface area contributed by atoms with Crippen molar-refractivity contribution in [1.29, 1.82) is 0 Å². The van der Waals surface area contributed by atoms with Crippen LogP contribution in [0.4, 0.5) is 0 Å². The number of carbonyl (C=O) groups excluding carboxylic acids is 2. The second-order valence-electron chi connectivity index (χ2n) is 22.1. The van der Waals surface area contributed by atoms with Crippen LogP contribution in [0, 0.1) is 0 Å². The molecular formula is C60H112N2O4. The van der Waals surface area contributed by atoms with E-state index in [2.05, 4.69) is 52.2 Å². The number of hydrogen-bond acceptors (Lipinski definition) is 4. The lowest BCUT2D eigenvalue weighted by atomic mass is 9.75. The Morgan fingerprint density at radius 2 is 0.576 bits per heavy atom. The molecular weight excluding hydrogens is 813 g/mol. The maximum atomic E-state index is 12.6. The van der Waals surface area contributed by atoms with E-state index in [1.54, 1.807) is 12.1 Å². The van der Waals surface area contributed by atoms with E-state index < -0.39 is 10.8 Å². The molecule has 386 valence electrons. The van der Waals surface area contributed by atoms with Gasteiger partial charge in [-0.15, -0.1) is 0 Å². The number of carbonyl (C=O) groups is 2. The normalized spacial score (nSPS) is 12.0. The summed E-state index contributed by atoms with van der Waals surface area (Å²) in [7, 11) is 0. The SMILES string of the molecule is CCCCCCCCCCCCCCCCCCCCNC(=O)CCCC(C)(C)c1cc(O)c(C(C)(C)CCCC(=O)NCCCCCCCCCCCCCCCCCCCC)cc1O. The second kappa shape index (κ2) is 41.7. The summed E-state index contributed by atoms with van der Waals surface area (Å²) in [4.78, 5) is 25.2. The molecule has 0 aromatic heterocycles. The maximum absolute atomic E-state index is 12.6. The summed E-state index contributed by atoms with van der Waals surface area (Å²) in [5.41, 5.74) is 0.610. The lowest BCUT2D eigenvalue weighted by molar-refractivity contribution is -0.122. The fourth-order valence-corrected chi connectivity index (χ4v) is 10.00. The first-order valence-electron chi connectivity index (χ1n) is 29.0. The zero-order chi connectivity index (χ0) is 48.4. The highest BCUT2D eigenvalue weighted by molar-refractivity contribution is 5.76. The van der Waals surface area contributed by atoms with Crippen molar-refractivity contribution in [3.05, 3.63) is 23.3 Å². The minimum absolute atomic E-state index is 0.0983. The summed E-state index contributed by atoms with van der Waals surface area (Å²) in [6.07, 6.45) is 52.7. The Balaban J connectivity index is 2.12. The van der Waals surface area contributed by atoms with Crippen LogP contribution in [-0.2, 0) is 20.4 Å². The summed E-state index contributed by atoms with van der Waals surface area (Å²) < 4.78 is 0. The van der Waals surface area contributed by atoms with Gasteiger partial charge < -0.3 is 20.8 Å². The van der Waals surface area contributed by atoms with Crippen LogP contribution in [0.15, 0.2) is 12.1 Å². The van der Waals surface area contributed by atoms with Gasteiger partial charge in [-0.05, 0) is 61.5 Å². The van der Waals surface area contributed by atoms with E-state index >= 15 is 0 Å². The fraction of sp³-hybridized carbons (Fsp3) is 0.867. The van der Waals surface area contributed by atoms with Crippen LogP contribution in [0.2, 0.25) is 0 Å². The van der Waals surface area contributed by atoms with Crippen molar-refractivity contribution in [2.45, 2.75) is 322 Å². The Kier molecular flexibility index (Phi) is 39.0. The number of hydrogen-bond donors (Lipinski definition) is 4. The third kappa shape index (κ3) is 34.1. The molecule has 6 nitrogen and oxygen atoms in total. The van der Waals surface area contributed by atoms with Crippen molar-refractivity contribution >= 4 is 11.8 Å². The molecule has 1 rings (SSSR count). The minimum atomic E-state index is -0.401. The van der Waals surface area contributed by atoms with Gasteiger partial charge in [0.2, 0.25) is 11.8 Å². The van der Waals surface area contributed by atoms with Gasteiger partial charge in [-0.3, -0.25) is 9.59 Å². The number of benzene rings is 1. The van der Waals surface area contributed by atoms with E-state index in [0.29, 0.717) is 36.8 Å². The lowest BCUT2D eigenvalue weighted by Crippen LogP contribution is -2.26. The molecule has 1 aromatic carbocycles. The molecule has 0 saturated heterocycles. The van der Waals surface area contributed by atoms with E-state index in [0.717, 1.165) is 38.8 Å². The zero-order valence-electron chi connectivity index (χ0n) is 45.0. The second-order valence-corrected chi connectivity index (χ2v) is 22.1. The topological polar surface area (TPSA) is 98.7 Å². The molecule has 0 saturated carbocycles. The van der Waals surface area contributed by atoms with Gasteiger partial charge in [-0.2, -0.15) is 0 Å². The number of phenols is 2. The maximum Gasteiger partial charge on any atom is 0.219 e. The third-order valence-electron chi connectivity index (χ3n) is 14.7. The molecule has 0 aliphatic heterocycles. The van der Waals surface area contributed by atoms with Crippen molar-refractivity contribution < 1.29 is 19.8 Å². The number of nitrogens with one attached hydrogen (secondary N) is 2. The predicted octanol–water partition coefficient (Wildman–Crippen LogP) is 18.3. The van der Waals surface area contributed by atoms with Gasteiger partial charge in [0.05, 0.1) is 0 Å². The van der Waals surface area contributed by atoms with Crippen LogP contribution in [-0.4, -0.2) is 35.1 Å². The van der Waals surface area contributed by atoms with Crippen LogP contribution >= 0.6 is 0 Å². The van der Waals surface area contributed by atoms with E-state index in [9.17, 15) is 19.8 Å². The Labute approximate surface area is 410 Å². The van der Waals surface area contributed by atoms with Crippen molar-refractivity contribution in [2.75, 3.05) is 13.1 Å². The molecule has 66 heavy (non-hydrogen) atoms. The Hall–Kier alpha value is -2.24. The minimum Gasteiger partial charge on any atom is -0.508 e. The van der Waals surface area contributed by atoms with Gasteiger partial charge in [-0.1, -0.05) is 260 Å². The number of unbranched alkanes of at least 4 members (excludes halogenated alkanes) is 34. The molecule has 4 N–H and O–H groups in total. The highest BCUT2D eigenvalue weighted by atomic mass is 16.3. The monoisotopic (exact) mass is 925 g/mol. The van der Waals surface area contributed by atoms with E-state index in [4.69, 9.17) is 0 Å². The Morgan fingerprint density at radius 1 is 0.364 bits per heavy atom. The van der Waals surface area contributed by atoms with E-state index in [1.165, 1.54) is 218 Å². The summed E-state index contributed by atoms with van der Waals surface area (Å²) in [5, 5.41) is 28.6. The molecule has 0 radical (unpaired) electrons. The van der Waals surface area contributed by atoms with E-state index in [-0.39, 0.29) is 23.3 Å². The number of phenolic OH excluding ortho intramolecular Hbond substituents is 2. The van der Waals surface area contributed by atoms with Gasteiger partial charge >= 0.3 is 0 Å². The van der Waals surface area contributed by atoms with Crippen LogP contribution < -0.4 is 10.6 Å². The third-order valence-corrected chi connectivity index (χ3v) is 14.7. The quantitative estimate of drug-likeness (QED) is 0.0386. The van der Waals surface area contributed by atoms with Crippen molar-refractivity contribution in [3.63, 3.8) is 0 Å². The van der Waals surface area contributed by atoms with Gasteiger partial charge in [0.25, 0.3) is 0 Å². The summed E-state index contributed by atoms with van der Waals surface area (Å²) in [6.45, 7) is 14.4. The van der Waals surface area contributed by atoms with Crippen LogP contribution in [0.1, 0.15) is 322 Å². The highest BCUT2D eigenvalue weighted by Crippen LogP contribution is 2.43. The number of amides is 2. The van der Waals surface area contributed by atoms with Crippen LogP contribution in [0.25, 0.3) is 0 Å². The molecule has 6 heteroatoms. The first-order chi connectivity index (χ1) is 31.9. The smallest absolute Gasteiger partial charge is 0.219 e. The lowest BCUT2D eigenvalue weighted by Gasteiger charge is -2.30. The van der Waals surface area contributed by atoms with Crippen LogP contribution in [0.3, 0.4) is 0 Å². The van der Waals surface area contributed by atoms with Crippen LogP contribution in [0.5, 0.6) is 11.5 Å². The summed E-state index contributed by atoms with van der Waals surface area (Å²) >= 11 is 0. The Morgan fingerprint density at radius 3 is 0.803 bits per heavy atom. The van der Waals surface area contributed by atoms with Crippen molar-refractivity contribution in [1.82, 2.24) is 10.6 Å². The standard InChI is InChI=1S/C60H112N2O4/c1-7-9-11-13-15-17-19-21-23-25-27-29-31-33-35-37-39-41-49-61-57(65)45-43-47-59(3,4)53-51-56(64)54(52-55(53)63)60(5,6)48-44-46-58(66)62-50-42-40-38-36-34-32-30-28-26-24-22-20-18-16-14-12-10-8-2/h51-52,63-64H,7-50H2,1-6H3,(H,61,65)(H,62,66). The first-order valence-corrected chi connectivity index (χ1v) is 29.0. The fourth-order valence-electron chi connectivity index (χ4n) is 10.00. The molecule has 0 heterocycles. The van der Waals surface area contributed by atoms with Crippen molar-refractivity contribution in [2.24, 2.45) is 0 Å². The van der Waals surface area contributed by atoms with Gasteiger partial charge in [-0.25, -0.2) is 0 Å². The van der Waals surface area contributed by atoms with Crippen molar-refractivity contribution in [3.8, 4) is 11.5 Å². The molecule has 0 bridgehead atoms. The highest BCUT2D eigenvalue weighted by Gasteiger charge is 2.30.